The second kappa shape index (κ2) is 17.8. The van der Waals surface area contributed by atoms with Crippen molar-refractivity contribution in [1.82, 2.24) is 0 Å². The minimum absolute atomic E-state index is 0.134. The Morgan fingerprint density at radius 3 is 2.10 bits per heavy atom. The third-order valence-corrected chi connectivity index (χ3v) is 15.8. The van der Waals surface area contributed by atoms with Crippen LogP contribution in [0.25, 0.3) is 21.5 Å². The molecule has 4 aromatic rings. The van der Waals surface area contributed by atoms with Crippen molar-refractivity contribution in [3.8, 4) is 0 Å². The van der Waals surface area contributed by atoms with Crippen molar-refractivity contribution in [2.24, 2.45) is 0 Å². The maximum atomic E-state index is 12.0. The number of fused-ring (bicyclic) bond motifs is 6. The zero-order valence-corrected chi connectivity index (χ0v) is 38.6. The van der Waals surface area contributed by atoms with E-state index in [9.17, 15) is 38.9 Å². The molecule has 0 saturated heterocycles. The molecule has 4 N–H and O–H groups in total. The highest BCUT2D eigenvalue weighted by atomic mass is 32.2. The minimum Gasteiger partial charge on any atom is -0.344 e. The van der Waals surface area contributed by atoms with Crippen LogP contribution >= 0.6 is 12.0 Å². The Bertz CT molecular complexity index is 2930. The topological polar surface area (TPSA) is 208 Å². The lowest BCUT2D eigenvalue weighted by Crippen LogP contribution is -2.30. The van der Waals surface area contributed by atoms with Gasteiger partial charge in [-0.2, -0.15) is 29.8 Å². The van der Waals surface area contributed by atoms with Crippen LogP contribution in [0.2, 0.25) is 0 Å². The summed E-state index contributed by atoms with van der Waals surface area (Å²) in [5.41, 5.74) is 5.15. The zero-order valence-electron chi connectivity index (χ0n) is 35.3. The number of anilines is 1. The molecule has 0 fully saturated rings. The predicted molar refractivity (Wildman–Crippen MR) is 243 cm³/mol. The second-order valence-electron chi connectivity index (χ2n) is 16.7. The van der Waals surface area contributed by atoms with Crippen LogP contribution in [0, 0.1) is 0 Å². The number of hydrogen-bond acceptors (Lipinski definition) is 11. The summed E-state index contributed by atoms with van der Waals surface area (Å²) in [5, 5.41) is 13.7. The third kappa shape index (κ3) is 9.64. The lowest BCUT2D eigenvalue weighted by Gasteiger charge is -2.27. The van der Waals surface area contributed by atoms with Crippen LogP contribution in [0.15, 0.2) is 118 Å². The molecule has 14 nitrogen and oxygen atoms in total. The SMILES string of the molecule is CC(C=C/C=C1/N(CCC(C)S(=O)(=O)O)c2ccc3cc(S(=O)(=O)O)ccc3c2C1(C)C)=CC=CC1=[N+](CCC(C)S(=O)(=O)O)c2ccc3cc(SOOO)ccc3c2C1(C)C. The molecular weight excluding hydrogens is 877 g/mol. The summed E-state index contributed by atoms with van der Waals surface area (Å²) in [6.07, 6.45) is 12.0. The Labute approximate surface area is 367 Å². The fourth-order valence-electron chi connectivity index (χ4n) is 8.45. The molecule has 0 amide bonds. The highest BCUT2D eigenvalue weighted by Crippen LogP contribution is 2.51. The molecule has 2 unspecified atom stereocenters. The molecule has 2 heterocycles. The number of rotatable bonds is 16. The first-order valence-corrected chi connectivity index (χ1v) is 24.9. The summed E-state index contributed by atoms with van der Waals surface area (Å²) < 4.78 is 108. The molecule has 4 aromatic carbocycles. The van der Waals surface area contributed by atoms with Gasteiger partial charge in [-0.05, 0) is 111 Å². The highest BCUT2D eigenvalue weighted by Gasteiger charge is 2.46. The minimum atomic E-state index is -4.43. The van der Waals surface area contributed by atoms with Crippen LogP contribution in [-0.4, -0.2) is 78.0 Å². The van der Waals surface area contributed by atoms with Crippen molar-refractivity contribution in [2.75, 3.05) is 18.0 Å². The first kappa shape index (κ1) is 47.3. The van der Waals surface area contributed by atoms with Crippen molar-refractivity contribution < 1.29 is 58.1 Å². The average molecular weight is 928 g/mol. The number of benzene rings is 4. The first-order chi connectivity index (χ1) is 28.9. The summed E-state index contributed by atoms with van der Waals surface area (Å²) in [6, 6.07) is 17.7. The molecule has 0 saturated carbocycles. The maximum absolute atomic E-state index is 12.0. The molecule has 6 rings (SSSR count). The largest absolute Gasteiger partial charge is 0.344 e. The summed E-state index contributed by atoms with van der Waals surface area (Å²) >= 11 is 0.862. The number of nitrogens with zero attached hydrogens (tertiary/aromatic N) is 2. The van der Waals surface area contributed by atoms with E-state index >= 15 is 0 Å². The maximum Gasteiger partial charge on any atom is 0.294 e. The van der Waals surface area contributed by atoms with E-state index in [0.717, 1.165) is 67.7 Å². The van der Waals surface area contributed by atoms with Gasteiger partial charge in [-0.3, -0.25) is 13.7 Å². The molecule has 2 aliphatic heterocycles. The normalized spacial score (nSPS) is 18.5. The Balaban J connectivity index is 1.34. The molecule has 62 heavy (non-hydrogen) atoms. The van der Waals surface area contributed by atoms with E-state index in [1.165, 1.54) is 26.0 Å². The number of allylic oxidation sites excluding steroid dienone is 8. The van der Waals surface area contributed by atoms with E-state index in [2.05, 4.69) is 27.8 Å². The smallest absolute Gasteiger partial charge is 0.294 e. The fourth-order valence-corrected chi connectivity index (χ4v) is 10.2. The molecular formula is C44H51N2O12S4+. The molecule has 18 heteroatoms. The Morgan fingerprint density at radius 1 is 0.806 bits per heavy atom. The van der Waals surface area contributed by atoms with Crippen molar-refractivity contribution >= 4 is 81.0 Å². The van der Waals surface area contributed by atoms with Crippen LogP contribution in [0.4, 0.5) is 11.4 Å². The standard InChI is InChI=1S/C44H50N2O12S4/c1-28(10-8-12-39-43(4,5)41-35-18-16-33(59-58-57-47)26-31(35)14-20-37(41)45(39)24-22-29(2)60(48,49)50)11-9-13-40-44(6,7)42-36-19-17-34(62(54,55)56)27-32(36)15-21-38(42)46(40)25-23-30(3)61(51,52)53/h8-21,26-27,29-30H,22-25H2,1-7H3,(H3-,47,48,49,50,51,52,53,54,55,56)/p+1. The van der Waals surface area contributed by atoms with Gasteiger partial charge in [0.15, 0.2) is 12.3 Å². The highest BCUT2D eigenvalue weighted by molar-refractivity contribution is 7.94. The molecule has 0 aromatic heterocycles. The van der Waals surface area contributed by atoms with Crippen LogP contribution < -0.4 is 4.90 Å². The van der Waals surface area contributed by atoms with Gasteiger partial charge >= 0.3 is 0 Å². The molecule has 2 aliphatic rings. The molecule has 332 valence electrons. The van der Waals surface area contributed by atoms with Gasteiger partial charge in [-0.25, -0.2) is 5.26 Å². The molecule has 0 aliphatic carbocycles. The van der Waals surface area contributed by atoms with Crippen LogP contribution in [0.5, 0.6) is 0 Å². The Kier molecular flexibility index (Phi) is 13.5. The average Bonchev–Trinajstić information content (AvgIpc) is 3.54. The Morgan fingerprint density at radius 2 is 1.44 bits per heavy atom. The van der Waals surface area contributed by atoms with Crippen molar-refractivity contribution in [1.29, 1.82) is 0 Å². The lowest BCUT2D eigenvalue weighted by atomic mass is 9.79. The van der Waals surface area contributed by atoms with E-state index in [-0.39, 0.29) is 24.3 Å². The van der Waals surface area contributed by atoms with E-state index < -0.39 is 51.7 Å². The quantitative estimate of drug-likeness (QED) is 0.0206. The second-order valence-corrected chi connectivity index (χ2v) is 22.6. The third-order valence-electron chi connectivity index (χ3n) is 11.9. The summed E-state index contributed by atoms with van der Waals surface area (Å²) in [6.45, 7) is 13.7. The van der Waals surface area contributed by atoms with Gasteiger partial charge in [0, 0.05) is 52.4 Å². The fraction of sp³-hybridized carbons (Fsp3) is 0.341. The zero-order chi connectivity index (χ0) is 45.6. The molecule has 0 spiro atoms. The van der Waals surface area contributed by atoms with Crippen LogP contribution in [-0.2, 0) is 50.6 Å². The van der Waals surface area contributed by atoms with Crippen molar-refractivity contribution in [2.45, 2.75) is 92.4 Å². The van der Waals surface area contributed by atoms with Crippen LogP contribution in [0.1, 0.15) is 72.4 Å². The van der Waals surface area contributed by atoms with Crippen molar-refractivity contribution in [3.63, 3.8) is 0 Å². The molecule has 0 radical (unpaired) electrons. The molecule has 0 bridgehead atoms. The predicted octanol–water partition coefficient (Wildman–Crippen LogP) is 9.12. The van der Waals surface area contributed by atoms with Gasteiger partial charge in [-0.15, -0.1) is 4.33 Å². The van der Waals surface area contributed by atoms with Gasteiger partial charge in [0.05, 0.1) is 32.9 Å². The summed E-state index contributed by atoms with van der Waals surface area (Å²) in [5.74, 6) is 0. The van der Waals surface area contributed by atoms with E-state index in [0.29, 0.717) is 16.8 Å². The van der Waals surface area contributed by atoms with Crippen LogP contribution in [0.3, 0.4) is 0 Å². The van der Waals surface area contributed by atoms with E-state index in [1.807, 2.05) is 98.5 Å². The van der Waals surface area contributed by atoms with Gasteiger partial charge in [0.25, 0.3) is 30.4 Å². The Hall–Kier alpha value is -4.21. The lowest BCUT2D eigenvalue weighted by molar-refractivity contribution is -0.438. The first-order valence-electron chi connectivity index (χ1n) is 19.7. The van der Waals surface area contributed by atoms with Crippen molar-refractivity contribution in [3.05, 3.63) is 120 Å². The summed E-state index contributed by atoms with van der Waals surface area (Å²) in [7, 11) is -13.0. The number of hydrogen-bond donors (Lipinski definition) is 4. The van der Waals surface area contributed by atoms with Gasteiger partial charge in [0.2, 0.25) is 5.69 Å². The van der Waals surface area contributed by atoms with Gasteiger partial charge in [-0.1, -0.05) is 67.0 Å². The van der Waals surface area contributed by atoms with E-state index in [1.54, 1.807) is 12.1 Å². The summed E-state index contributed by atoms with van der Waals surface area (Å²) in [4.78, 5) is 2.50. The monoisotopic (exact) mass is 927 g/mol. The van der Waals surface area contributed by atoms with Gasteiger partial charge < -0.3 is 4.90 Å². The molecule has 2 atom stereocenters. The van der Waals surface area contributed by atoms with Gasteiger partial charge in [0.1, 0.15) is 0 Å². The van der Waals surface area contributed by atoms with E-state index in [4.69, 9.17) is 5.26 Å².